The first kappa shape index (κ1) is 22.8. The second kappa shape index (κ2) is 8.35. The lowest BCUT2D eigenvalue weighted by molar-refractivity contribution is -0.141. The number of rotatable bonds is 7. The Balaban J connectivity index is 1.13. The molecule has 1 saturated heterocycles. The van der Waals surface area contributed by atoms with Crippen LogP contribution in [0.25, 0.3) is 10.7 Å². The number of likely N-dealkylation sites (tertiary alicyclic amines) is 1. The van der Waals surface area contributed by atoms with Crippen molar-refractivity contribution < 1.29 is 13.2 Å². The van der Waals surface area contributed by atoms with Gasteiger partial charge in [0.2, 0.25) is 0 Å². The largest absolute Gasteiger partial charge is 0.433 e. The van der Waals surface area contributed by atoms with Gasteiger partial charge in [-0.1, -0.05) is 17.8 Å². The van der Waals surface area contributed by atoms with Gasteiger partial charge in [-0.3, -0.25) is 4.98 Å². The van der Waals surface area contributed by atoms with Crippen molar-refractivity contribution in [3.05, 3.63) is 40.3 Å². The van der Waals surface area contributed by atoms with Gasteiger partial charge in [0, 0.05) is 37.5 Å². The molecule has 5 rings (SSSR count). The van der Waals surface area contributed by atoms with E-state index in [1.165, 1.54) is 6.20 Å². The molecule has 0 radical (unpaired) electrons. The quantitative estimate of drug-likeness (QED) is 0.350. The SMILES string of the molecule is Cc1nc(C)c(-c2nnc(SCCCN3C[C@H]4CC4(c4ccc(C(F)(F)F)nc4)C3)n2C)s1. The number of nitrogens with zero attached hydrogens (tertiary/aromatic N) is 6. The predicted molar refractivity (Wildman–Crippen MR) is 122 cm³/mol. The van der Waals surface area contributed by atoms with Crippen LogP contribution in [0.4, 0.5) is 13.2 Å². The average molecular weight is 495 g/mol. The number of aromatic nitrogens is 5. The first-order chi connectivity index (χ1) is 15.7. The van der Waals surface area contributed by atoms with E-state index < -0.39 is 11.9 Å². The van der Waals surface area contributed by atoms with Crippen molar-refractivity contribution in [3.63, 3.8) is 0 Å². The van der Waals surface area contributed by atoms with Crippen LogP contribution in [0.15, 0.2) is 23.5 Å². The van der Waals surface area contributed by atoms with Gasteiger partial charge in [0.1, 0.15) is 5.69 Å². The summed E-state index contributed by atoms with van der Waals surface area (Å²) < 4.78 is 40.5. The summed E-state index contributed by atoms with van der Waals surface area (Å²) in [7, 11) is 1.99. The highest BCUT2D eigenvalue weighted by Crippen LogP contribution is 2.59. The van der Waals surface area contributed by atoms with E-state index in [4.69, 9.17) is 0 Å². The van der Waals surface area contributed by atoms with Crippen LogP contribution in [-0.4, -0.2) is 55.0 Å². The minimum atomic E-state index is -4.39. The Morgan fingerprint density at radius 3 is 2.73 bits per heavy atom. The molecular weight excluding hydrogens is 469 g/mol. The van der Waals surface area contributed by atoms with Gasteiger partial charge in [0.25, 0.3) is 0 Å². The fourth-order valence-corrected chi connectivity index (χ4v) is 6.66. The summed E-state index contributed by atoms with van der Waals surface area (Å²) in [5, 5.41) is 10.6. The monoisotopic (exact) mass is 494 g/mol. The van der Waals surface area contributed by atoms with Gasteiger partial charge in [-0.15, -0.1) is 21.5 Å². The Kier molecular flexibility index (Phi) is 5.77. The Labute approximate surface area is 198 Å². The molecule has 0 amide bonds. The summed E-state index contributed by atoms with van der Waals surface area (Å²) in [6.07, 6.45) is -0.899. The lowest BCUT2D eigenvalue weighted by Gasteiger charge is -2.21. The second-order valence-electron chi connectivity index (χ2n) is 8.94. The number of halogens is 3. The molecule has 2 fully saturated rings. The van der Waals surface area contributed by atoms with E-state index in [1.807, 2.05) is 25.5 Å². The van der Waals surface area contributed by atoms with Crippen LogP contribution >= 0.6 is 23.1 Å². The topological polar surface area (TPSA) is 59.7 Å². The molecule has 0 N–H and O–H groups in total. The minimum absolute atomic E-state index is 0.00645. The Morgan fingerprint density at radius 1 is 1.24 bits per heavy atom. The highest BCUT2D eigenvalue weighted by molar-refractivity contribution is 7.99. The van der Waals surface area contributed by atoms with Gasteiger partial charge < -0.3 is 9.47 Å². The molecule has 1 aliphatic heterocycles. The molecule has 1 saturated carbocycles. The number of hydrogen-bond acceptors (Lipinski definition) is 7. The zero-order valence-corrected chi connectivity index (χ0v) is 20.3. The molecule has 176 valence electrons. The molecule has 33 heavy (non-hydrogen) atoms. The van der Waals surface area contributed by atoms with Crippen LogP contribution in [0.2, 0.25) is 0 Å². The third kappa shape index (κ3) is 4.30. The van der Waals surface area contributed by atoms with Gasteiger partial charge >= 0.3 is 6.18 Å². The molecule has 0 bridgehead atoms. The second-order valence-corrected chi connectivity index (χ2v) is 11.2. The van der Waals surface area contributed by atoms with E-state index in [2.05, 4.69) is 25.1 Å². The van der Waals surface area contributed by atoms with Gasteiger partial charge in [0.15, 0.2) is 11.0 Å². The Morgan fingerprint density at radius 2 is 2.06 bits per heavy atom. The van der Waals surface area contributed by atoms with Crippen LogP contribution in [0.5, 0.6) is 0 Å². The molecule has 3 aromatic rings. The average Bonchev–Trinajstić information content (AvgIpc) is 3.00. The maximum Gasteiger partial charge on any atom is 0.433 e. The maximum absolute atomic E-state index is 12.8. The maximum atomic E-state index is 12.8. The van der Waals surface area contributed by atoms with Crippen LogP contribution in [0.1, 0.15) is 34.8 Å². The number of thioether (sulfide) groups is 1. The first-order valence-corrected chi connectivity index (χ1v) is 12.7. The molecule has 0 aromatic carbocycles. The van der Waals surface area contributed by atoms with Crippen LogP contribution in [0, 0.1) is 19.8 Å². The van der Waals surface area contributed by atoms with E-state index in [0.717, 1.165) is 76.4 Å². The number of pyridine rings is 1. The van der Waals surface area contributed by atoms with E-state index >= 15 is 0 Å². The molecule has 1 unspecified atom stereocenters. The summed E-state index contributed by atoms with van der Waals surface area (Å²) >= 11 is 3.33. The molecule has 4 heterocycles. The van der Waals surface area contributed by atoms with E-state index in [1.54, 1.807) is 29.2 Å². The van der Waals surface area contributed by atoms with Crippen LogP contribution < -0.4 is 0 Å². The highest BCUT2D eigenvalue weighted by Gasteiger charge is 2.60. The van der Waals surface area contributed by atoms with E-state index in [0.29, 0.717) is 5.92 Å². The van der Waals surface area contributed by atoms with Crippen molar-refractivity contribution in [2.45, 2.75) is 43.4 Å². The van der Waals surface area contributed by atoms with Crippen molar-refractivity contribution >= 4 is 23.1 Å². The Hall–Kier alpha value is -1.98. The molecule has 11 heteroatoms. The molecule has 6 nitrogen and oxygen atoms in total. The van der Waals surface area contributed by atoms with Gasteiger partial charge in [-0.25, -0.2) is 4.98 Å². The normalized spacial score (nSPS) is 22.7. The van der Waals surface area contributed by atoms with Crippen molar-refractivity contribution in [1.29, 1.82) is 0 Å². The molecule has 3 aromatic heterocycles. The van der Waals surface area contributed by atoms with Gasteiger partial charge in [-0.05, 0) is 50.8 Å². The number of aryl methyl sites for hydroxylation is 2. The minimum Gasteiger partial charge on any atom is -0.304 e. The lowest BCUT2D eigenvalue weighted by atomic mass is 9.96. The zero-order chi connectivity index (χ0) is 23.4. The zero-order valence-electron chi connectivity index (χ0n) is 18.7. The summed E-state index contributed by atoms with van der Waals surface area (Å²) in [4.78, 5) is 11.6. The van der Waals surface area contributed by atoms with Crippen LogP contribution in [0.3, 0.4) is 0 Å². The van der Waals surface area contributed by atoms with Crippen molar-refractivity contribution in [2.24, 2.45) is 13.0 Å². The smallest absolute Gasteiger partial charge is 0.304 e. The third-order valence-electron chi connectivity index (χ3n) is 6.64. The van der Waals surface area contributed by atoms with Crippen molar-refractivity contribution in [1.82, 2.24) is 29.6 Å². The van der Waals surface area contributed by atoms with Crippen molar-refractivity contribution in [3.8, 4) is 10.7 Å². The number of thiazole rings is 1. The molecule has 2 atom stereocenters. The van der Waals surface area contributed by atoms with Crippen LogP contribution in [-0.2, 0) is 18.6 Å². The first-order valence-electron chi connectivity index (χ1n) is 10.9. The van der Waals surface area contributed by atoms with Gasteiger partial charge in [-0.2, -0.15) is 13.2 Å². The standard InChI is InChI=1S/C22H25F3N6S2/c1-13-18(33-14(2)27-13)19-28-29-20(30(19)3)32-8-4-7-31-11-16-9-21(16,12-31)15-5-6-17(26-10-15)22(23,24)25/h5-6,10,16H,4,7-9,11-12H2,1-3H3/t16-,21?/m1/s1. The number of fused-ring (bicyclic) bond motifs is 1. The summed E-state index contributed by atoms with van der Waals surface area (Å²) in [6.45, 7) is 6.86. The molecular formula is C22H25F3N6S2. The summed E-state index contributed by atoms with van der Waals surface area (Å²) in [5.74, 6) is 2.31. The predicted octanol–water partition coefficient (Wildman–Crippen LogP) is 4.72. The number of piperidine rings is 1. The van der Waals surface area contributed by atoms with Crippen molar-refractivity contribution in [2.75, 3.05) is 25.4 Å². The fraction of sp³-hybridized carbons (Fsp3) is 0.545. The molecule has 2 aliphatic rings. The lowest BCUT2D eigenvalue weighted by Crippen LogP contribution is -2.28. The Bertz CT molecular complexity index is 1160. The fourth-order valence-electron chi connectivity index (χ4n) is 4.89. The number of hydrogen-bond donors (Lipinski definition) is 0. The summed E-state index contributed by atoms with van der Waals surface area (Å²) in [6, 6.07) is 2.73. The highest BCUT2D eigenvalue weighted by atomic mass is 32.2. The molecule has 0 spiro atoms. The number of alkyl halides is 3. The summed E-state index contributed by atoms with van der Waals surface area (Å²) in [5.41, 5.74) is 1.10. The van der Waals surface area contributed by atoms with Gasteiger partial charge in [0.05, 0.1) is 15.6 Å². The van der Waals surface area contributed by atoms with E-state index in [9.17, 15) is 13.2 Å². The third-order valence-corrected chi connectivity index (χ3v) is 8.81. The molecule has 1 aliphatic carbocycles. The van der Waals surface area contributed by atoms with E-state index in [-0.39, 0.29) is 5.41 Å².